The van der Waals surface area contributed by atoms with E-state index in [-0.39, 0.29) is 35.7 Å². The molecule has 2 aromatic heterocycles. The summed E-state index contributed by atoms with van der Waals surface area (Å²) in [5.41, 5.74) is -1.64. The lowest BCUT2D eigenvalue weighted by Gasteiger charge is -2.37. The Labute approximate surface area is 346 Å². The fraction of sp³-hybridized carbons (Fsp3) is 0.429. The van der Waals surface area contributed by atoms with Gasteiger partial charge in [-0.15, -0.1) is 0 Å². The number of imidazole rings is 1. The molecule has 0 radical (unpaired) electrons. The molecule has 1 saturated carbocycles. The smallest absolute Gasteiger partial charge is 0.379 e. The number of methoxy groups -OCH3 is 1. The van der Waals surface area contributed by atoms with Gasteiger partial charge in [-0.2, -0.15) is 23.9 Å². The van der Waals surface area contributed by atoms with E-state index < -0.39 is 49.1 Å². The van der Waals surface area contributed by atoms with Gasteiger partial charge in [-0.1, -0.05) is 79.2 Å². The SMILES string of the molecule is CCOc1nc(NC(c2ccccc2)(c2ccccc2)c2ccc(OC)cc2)nc2c1ncn2[C@@H]1O[C@](F)(OOP(C)(=O)N[C@@H](C)C(=O)OC2CCCCC2)[C@@H](O)[C@@]1(C)F. The first-order valence-corrected chi connectivity index (χ1v) is 21.9. The highest BCUT2D eigenvalue weighted by Crippen LogP contribution is 2.52. The predicted octanol–water partition coefficient (Wildman–Crippen LogP) is 7.50. The molecule has 0 bridgehead atoms. The van der Waals surface area contributed by atoms with E-state index in [0.717, 1.165) is 73.3 Å². The van der Waals surface area contributed by atoms with Crippen LogP contribution in [0.4, 0.5) is 14.7 Å². The average Bonchev–Trinajstić information content (AvgIpc) is 3.75. The van der Waals surface area contributed by atoms with Gasteiger partial charge in [0.2, 0.25) is 11.8 Å². The number of hydrogen-bond donors (Lipinski definition) is 3. The maximum Gasteiger partial charge on any atom is 0.379 e. The molecule has 18 heteroatoms. The largest absolute Gasteiger partial charge is 0.497 e. The van der Waals surface area contributed by atoms with Crippen LogP contribution in [0, 0.1) is 0 Å². The normalized spacial score (nSPS) is 23.8. The van der Waals surface area contributed by atoms with Gasteiger partial charge in [0.1, 0.15) is 23.4 Å². The third-order valence-electron chi connectivity index (χ3n) is 10.7. The number of benzene rings is 3. The molecule has 1 aliphatic heterocycles. The summed E-state index contributed by atoms with van der Waals surface area (Å²) in [7, 11) is -2.58. The Hall–Kier alpha value is -5.03. The molecule has 3 aromatic carbocycles. The van der Waals surface area contributed by atoms with E-state index in [1.54, 1.807) is 14.0 Å². The van der Waals surface area contributed by atoms with E-state index in [1.165, 1.54) is 6.92 Å². The number of carbonyl (C=O) groups is 1. The Morgan fingerprint density at radius 2 is 1.62 bits per heavy atom. The van der Waals surface area contributed by atoms with E-state index in [0.29, 0.717) is 5.75 Å². The quantitative estimate of drug-likeness (QED) is 0.0292. The number of aliphatic hydroxyl groups excluding tert-OH is 1. The number of ether oxygens (including phenoxy) is 4. The number of carbonyl (C=O) groups excluding carboxylic acids is 1. The third kappa shape index (κ3) is 8.60. The summed E-state index contributed by atoms with van der Waals surface area (Å²) in [6.45, 7) is 5.24. The van der Waals surface area contributed by atoms with Crippen molar-refractivity contribution in [3.63, 3.8) is 0 Å². The first-order chi connectivity index (χ1) is 28.7. The molecule has 320 valence electrons. The van der Waals surface area contributed by atoms with Crippen molar-refractivity contribution >= 4 is 30.6 Å². The molecule has 2 fully saturated rings. The molecule has 3 N–H and O–H groups in total. The monoisotopic (exact) mass is 850 g/mol. The lowest BCUT2D eigenvalue weighted by atomic mass is 9.77. The molecule has 60 heavy (non-hydrogen) atoms. The Morgan fingerprint density at radius 3 is 2.22 bits per heavy atom. The number of halogens is 2. The standard InChI is InChI=1S/C42H49F2N6O9P/c1-6-55-35-33-34(46-39(47-35)48-41(28-16-10-7-11-17-28,29-18-12-8-13-19-29)30-22-24-31(54-4)25-23-30)50(26-45-33)38-40(3,43)37(52)42(44,57-38)58-59-60(5,53)49-27(2)36(51)56-32-20-14-9-15-21-32/h7-8,10-13,16-19,22-27,32,37-38,52H,6,9,14-15,20-21H2,1-5H3,(H,49,53)(H,46,47,48)/t27-,37-,38+,40+,42-,60?/m0/s1. The Bertz CT molecular complexity index is 2260. The molecule has 1 unspecified atom stereocenters. The van der Waals surface area contributed by atoms with Crippen molar-refractivity contribution in [2.45, 2.75) is 94.6 Å². The van der Waals surface area contributed by atoms with Gasteiger partial charge < -0.3 is 24.6 Å². The number of anilines is 1. The fourth-order valence-electron chi connectivity index (χ4n) is 7.65. The Balaban J connectivity index is 1.21. The van der Waals surface area contributed by atoms with Crippen molar-refractivity contribution in [1.29, 1.82) is 0 Å². The summed E-state index contributed by atoms with van der Waals surface area (Å²) in [5.74, 6) is -0.00929. The van der Waals surface area contributed by atoms with Crippen LogP contribution < -0.4 is 19.9 Å². The van der Waals surface area contributed by atoms with Gasteiger partial charge in [0.15, 0.2) is 29.2 Å². The van der Waals surface area contributed by atoms with Crippen LogP contribution in [0.5, 0.6) is 11.6 Å². The maximum absolute atomic E-state index is 16.7. The number of esters is 1. The van der Waals surface area contributed by atoms with Crippen LogP contribution in [-0.4, -0.2) is 80.9 Å². The van der Waals surface area contributed by atoms with Crippen LogP contribution in [0.15, 0.2) is 91.3 Å². The second kappa shape index (κ2) is 17.5. The number of nitrogens with zero attached hydrogens (tertiary/aromatic N) is 4. The number of nitrogens with one attached hydrogen (secondary N) is 2. The molecule has 3 heterocycles. The zero-order chi connectivity index (χ0) is 42.7. The van der Waals surface area contributed by atoms with Crippen LogP contribution in [-0.2, 0) is 33.9 Å². The summed E-state index contributed by atoms with van der Waals surface area (Å²) >= 11 is 0. The van der Waals surface area contributed by atoms with Gasteiger partial charge in [-0.05, 0) is 75.3 Å². The van der Waals surface area contributed by atoms with Crippen LogP contribution in [0.1, 0.15) is 75.8 Å². The number of aromatic nitrogens is 4. The molecule has 0 amide bonds. The summed E-state index contributed by atoms with van der Waals surface area (Å²) in [6, 6.07) is 21.9. The molecule has 5 aromatic rings. The molecule has 7 rings (SSSR count). The molecule has 1 aliphatic carbocycles. The molecular weight excluding hydrogens is 801 g/mol. The van der Waals surface area contributed by atoms with E-state index in [4.69, 9.17) is 38.5 Å². The van der Waals surface area contributed by atoms with Crippen LogP contribution >= 0.6 is 7.52 Å². The minimum absolute atomic E-state index is 0.00977. The van der Waals surface area contributed by atoms with Crippen molar-refractivity contribution in [1.82, 2.24) is 24.6 Å². The third-order valence-corrected chi connectivity index (χ3v) is 11.9. The molecule has 15 nitrogen and oxygen atoms in total. The predicted molar refractivity (Wildman–Crippen MR) is 217 cm³/mol. The molecular formula is C42H49F2N6O9P. The van der Waals surface area contributed by atoms with Gasteiger partial charge in [-0.25, -0.2) is 14.5 Å². The Morgan fingerprint density at radius 1 is 1.00 bits per heavy atom. The summed E-state index contributed by atoms with van der Waals surface area (Å²) in [4.78, 5) is 31.4. The van der Waals surface area contributed by atoms with Gasteiger partial charge >= 0.3 is 12.0 Å². The number of alkyl halides is 2. The van der Waals surface area contributed by atoms with Crippen LogP contribution in [0.2, 0.25) is 0 Å². The number of fused-ring (bicyclic) bond motifs is 1. The fourth-order valence-corrected chi connectivity index (χ4v) is 8.75. The van der Waals surface area contributed by atoms with E-state index >= 15 is 8.78 Å². The zero-order valence-electron chi connectivity index (χ0n) is 33.9. The lowest BCUT2D eigenvalue weighted by Crippen LogP contribution is -2.46. The highest BCUT2D eigenvalue weighted by molar-refractivity contribution is 7.55. The maximum atomic E-state index is 16.7. The van der Waals surface area contributed by atoms with Crippen molar-refractivity contribution in [2.24, 2.45) is 0 Å². The van der Waals surface area contributed by atoms with E-state index in [1.807, 2.05) is 84.9 Å². The summed E-state index contributed by atoms with van der Waals surface area (Å²) in [5, 5.41) is 17.0. The van der Waals surface area contributed by atoms with Gasteiger partial charge in [0.25, 0.3) is 7.52 Å². The van der Waals surface area contributed by atoms with Crippen molar-refractivity contribution in [3.05, 3.63) is 108 Å². The number of hydrogen-bond acceptors (Lipinski definition) is 13. The molecule has 1 saturated heterocycles. The van der Waals surface area contributed by atoms with Crippen LogP contribution in [0.25, 0.3) is 11.2 Å². The highest BCUT2D eigenvalue weighted by Gasteiger charge is 2.67. The van der Waals surface area contributed by atoms with Gasteiger partial charge in [0, 0.05) is 6.66 Å². The topological polar surface area (TPSA) is 177 Å². The van der Waals surface area contributed by atoms with Crippen molar-refractivity contribution < 1.29 is 51.8 Å². The van der Waals surface area contributed by atoms with Crippen molar-refractivity contribution in [2.75, 3.05) is 25.7 Å². The van der Waals surface area contributed by atoms with Gasteiger partial charge in [-0.3, -0.25) is 18.7 Å². The number of aliphatic hydroxyl groups is 1. The highest BCUT2D eigenvalue weighted by atomic mass is 31.2. The van der Waals surface area contributed by atoms with E-state index in [9.17, 15) is 14.5 Å². The second-order valence-corrected chi connectivity index (χ2v) is 17.2. The van der Waals surface area contributed by atoms with Crippen molar-refractivity contribution in [3.8, 4) is 11.6 Å². The van der Waals surface area contributed by atoms with Crippen LogP contribution in [0.3, 0.4) is 0 Å². The first kappa shape index (κ1) is 43.1. The van der Waals surface area contributed by atoms with E-state index in [2.05, 4.69) is 15.4 Å². The molecule has 6 atom stereocenters. The van der Waals surface area contributed by atoms with Gasteiger partial charge in [0.05, 0.1) is 20.0 Å². The summed E-state index contributed by atoms with van der Waals surface area (Å²) < 4.78 is 74.9. The Kier molecular flexibility index (Phi) is 12.6. The first-order valence-electron chi connectivity index (χ1n) is 19.8. The second-order valence-electron chi connectivity index (χ2n) is 15.1. The molecule has 0 spiro atoms. The molecule has 2 aliphatic rings. The summed E-state index contributed by atoms with van der Waals surface area (Å²) in [6.07, 6.45) is 0.617. The minimum Gasteiger partial charge on any atom is -0.497 e. The lowest BCUT2D eigenvalue weighted by molar-refractivity contribution is -0.447. The average molecular weight is 851 g/mol. The zero-order valence-corrected chi connectivity index (χ0v) is 34.8. The number of rotatable bonds is 16. The minimum atomic E-state index is -4.16.